The van der Waals surface area contributed by atoms with Crippen LogP contribution < -0.4 is 4.74 Å². The summed E-state index contributed by atoms with van der Waals surface area (Å²) < 4.78 is 31.9. The third-order valence-corrected chi connectivity index (χ3v) is 5.15. The molecule has 19 heavy (non-hydrogen) atoms. The molecule has 1 aromatic rings. The van der Waals surface area contributed by atoms with E-state index in [0.29, 0.717) is 5.75 Å². The van der Waals surface area contributed by atoms with Gasteiger partial charge in [-0.2, -0.15) is 4.31 Å². The van der Waals surface area contributed by atoms with Gasteiger partial charge in [0.2, 0.25) is 10.0 Å². The largest absolute Gasteiger partial charge is 0.495 e. The Kier molecular flexibility index (Phi) is 4.13. The van der Waals surface area contributed by atoms with Crippen molar-refractivity contribution in [3.05, 3.63) is 23.8 Å². The van der Waals surface area contributed by atoms with Gasteiger partial charge in [-0.1, -0.05) is 6.07 Å². The van der Waals surface area contributed by atoms with Crippen LogP contribution in [0.25, 0.3) is 0 Å². The number of aliphatic hydroxyl groups excluding tert-OH is 1. The molecule has 2 rings (SSSR count). The molecule has 0 aliphatic heterocycles. The summed E-state index contributed by atoms with van der Waals surface area (Å²) in [4.78, 5) is 0.176. The van der Waals surface area contributed by atoms with Gasteiger partial charge in [0, 0.05) is 12.6 Å². The minimum Gasteiger partial charge on any atom is -0.495 e. The number of aryl methyl sites for hydroxylation is 1. The molecule has 106 valence electrons. The second-order valence-corrected chi connectivity index (χ2v) is 6.58. The molecule has 1 aliphatic rings. The topological polar surface area (TPSA) is 66.8 Å². The number of ether oxygens (including phenoxy) is 1. The summed E-state index contributed by atoms with van der Waals surface area (Å²) in [7, 11) is -2.16. The van der Waals surface area contributed by atoms with Gasteiger partial charge in [-0.05, 0) is 37.5 Å². The van der Waals surface area contributed by atoms with Crippen LogP contribution >= 0.6 is 0 Å². The Balaban J connectivity index is 2.45. The fourth-order valence-electron chi connectivity index (χ4n) is 2.07. The molecule has 6 heteroatoms. The molecule has 0 aromatic heterocycles. The van der Waals surface area contributed by atoms with Gasteiger partial charge < -0.3 is 9.84 Å². The Morgan fingerprint density at radius 2 is 2.11 bits per heavy atom. The molecule has 0 unspecified atom stereocenters. The van der Waals surface area contributed by atoms with Crippen molar-refractivity contribution in [2.75, 3.05) is 20.3 Å². The van der Waals surface area contributed by atoms with Crippen molar-refractivity contribution in [1.82, 2.24) is 4.31 Å². The molecular weight excluding hydrogens is 266 g/mol. The minimum atomic E-state index is -3.62. The summed E-state index contributed by atoms with van der Waals surface area (Å²) in [5.41, 5.74) is 0.860. The molecule has 0 atom stereocenters. The van der Waals surface area contributed by atoms with Gasteiger partial charge in [0.25, 0.3) is 0 Å². The number of rotatable bonds is 6. The predicted molar refractivity (Wildman–Crippen MR) is 71.7 cm³/mol. The third kappa shape index (κ3) is 2.91. The van der Waals surface area contributed by atoms with Crippen LogP contribution in [0.2, 0.25) is 0 Å². The van der Waals surface area contributed by atoms with E-state index in [-0.39, 0.29) is 24.1 Å². The zero-order valence-electron chi connectivity index (χ0n) is 11.2. The average Bonchev–Trinajstić information content (AvgIpc) is 3.20. The van der Waals surface area contributed by atoms with Crippen molar-refractivity contribution in [2.24, 2.45) is 0 Å². The number of benzene rings is 1. The number of methoxy groups -OCH3 is 1. The summed E-state index contributed by atoms with van der Waals surface area (Å²) in [5, 5.41) is 9.07. The van der Waals surface area contributed by atoms with Crippen molar-refractivity contribution in [3.8, 4) is 5.75 Å². The average molecular weight is 285 g/mol. The van der Waals surface area contributed by atoms with E-state index < -0.39 is 10.0 Å². The van der Waals surface area contributed by atoms with E-state index in [9.17, 15) is 8.42 Å². The van der Waals surface area contributed by atoms with Crippen molar-refractivity contribution < 1.29 is 18.3 Å². The van der Waals surface area contributed by atoms with E-state index in [1.165, 1.54) is 11.4 Å². The van der Waals surface area contributed by atoms with Crippen LogP contribution in [0, 0.1) is 6.92 Å². The summed E-state index contributed by atoms with van der Waals surface area (Å²) >= 11 is 0. The standard InChI is InChI=1S/C13H19NO4S/c1-10-3-6-12(18-2)13(9-10)19(16,17)14(7-8-15)11-4-5-11/h3,6,9,11,15H,4-5,7-8H2,1-2H3. The fraction of sp³-hybridized carbons (Fsp3) is 0.538. The molecule has 0 radical (unpaired) electrons. The first-order valence-corrected chi connectivity index (χ1v) is 7.72. The summed E-state index contributed by atoms with van der Waals surface area (Å²) in [6.45, 7) is 1.79. The summed E-state index contributed by atoms with van der Waals surface area (Å²) in [6, 6.07) is 5.10. The maximum Gasteiger partial charge on any atom is 0.247 e. The van der Waals surface area contributed by atoms with Crippen LogP contribution in [0.3, 0.4) is 0 Å². The molecule has 1 saturated carbocycles. The first-order valence-electron chi connectivity index (χ1n) is 6.28. The Morgan fingerprint density at radius 1 is 1.42 bits per heavy atom. The molecule has 0 amide bonds. The van der Waals surface area contributed by atoms with Crippen molar-refractivity contribution in [2.45, 2.75) is 30.7 Å². The first kappa shape index (κ1) is 14.3. The highest BCUT2D eigenvalue weighted by Crippen LogP contribution is 2.35. The number of nitrogens with zero attached hydrogens (tertiary/aromatic N) is 1. The molecule has 0 spiro atoms. The Hall–Kier alpha value is -1.11. The van der Waals surface area contributed by atoms with E-state index in [2.05, 4.69) is 0 Å². The maximum absolute atomic E-state index is 12.7. The molecule has 0 heterocycles. The molecule has 1 aromatic carbocycles. The molecule has 1 aliphatic carbocycles. The van der Waals surface area contributed by atoms with Crippen molar-refractivity contribution in [3.63, 3.8) is 0 Å². The summed E-state index contributed by atoms with van der Waals surface area (Å²) in [5.74, 6) is 0.342. The first-order chi connectivity index (χ1) is 9.00. The fourth-order valence-corrected chi connectivity index (χ4v) is 3.99. The van der Waals surface area contributed by atoms with Crippen LogP contribution in [0.1, 0.15) is 18.4 Å². The minimum absolute atomic E-state index is 0.0161. The normalized spacial score (nSPS) is 15.8. The van der Waals surface area contributed by atoms with Crippen LogP contribution in [0.15, 0.2) is 23.1 Å². The van der Waals surface area contributed by atoms with Crippen LogP contribution in [-0.2, 0) is 10.0 Å². The monoisotopic (exact) mass is 285 g/mol. The number of sulfonamides is 1. The van der Waals surface area contributed by atoms with Crippen LogP contribution in [0.5, 0.6) is 5.75 Å². The van der Waals surface area contributed by atoms with Crippen LogP contribution in [-0.4, -0.2) is 44.1 Å². The molecule has 1 N–H and O–H groups in total. The van der Waals surface area contributed by atoms with Crippen molar-refractivity contribution >= 4 is 10.0 Å². The number of hydrogen-bond acceptors (Lipinski definition) is 4. The Morgan fingerprint density at radius 3 is 2.63 bits per heavy atom. The SMILES string of the molecule is COc1ccc(C)cc1S(=O)(=O)N(CCO)C1CC1. The lowest BCUT2D eigenvalue weighted by Gasteiger charge is -2.22. The highest BCUT2D eigenvalue weighted by molar-refractivity contribution is 7.89. The van der Waals surface area contributed by atoms with Gasteiger partial charge in [0.05, 0.1) is 13.7 Å². The highest BCUT2D eigenvalue weighted by Gasteiger charge is 2.38. The number of aliphatic hydroxyl groups is 1. The smallest absolute Gasteiger partial charge is 0.247 e. The lowest BCUT2D eigenvalue weighted by atomic mass is 10.2. The van der Waals surface area contributed by atoms with E-state index in [0.717, 1.165) is 18.4 Å². The lowest BCUT2D eigenvalue weighted by molar-refractivity contribution is 0.250. The molecule has 0 saturated heterocycles. The van der Waals surface area contributed by atoms with E-state index in [4.69, 9.17) is 9.84 Å². The zero-order chi connectivity index (χ0) is 14.0. The van der Waals surface area contributed by atoms with Gasteiger partial charge in [0.15, 0.2) is 0 Å². The van der Waals surface area contributed by atoms with Gasteiger partial charge in [0.1, 0.15) is 10.6 Å². The second kappa shape index (κ2) is 5.48. The lowest BCUT2D eigenvalue weighted by Crippen LogP contribution is -2.35. The van der Waals surface area contributed by atoms with E-state index >= 15 is 0 Å². The molecule has 1 fully saturated rings. The van der Waals surface area contributed by atoms with E-state index in [1.54, 1.807) is 12.1 Å². The highest BCUT2D eigenvalue weighted by atomic mass is 32.2. The van der Waals surface area contributed by atoms with Crippen LogP contribution in [0.4, 0.5) is 0 Å². The van der Waals surface area contributed by atoms with Gasteiger partial charge in [-0.25, -0.2) is 8.42 Å². The van der Waals surface area contributed by atoms with Gasteiger partial charge in [-0.15, -0.1) is 0 Å². The maximum atomic E-state index is 12.7. The Labute approximate surface area is 113 Å². The van der Waals surface area contributed by atoms with Gasteiger partial charge in [-0.3, -0.25) is 0 Å². The third-order valence-electron chi connectivity index (χ3n) is 3.18. The zero-order valence-corrected chi connectivity index (χ0v) is 12.0. The molecule has 0 bridgehead atoms. The Bertz CT molecular complexity index is 552. The van der Waals surface area contributed by atoms with E-state index in [1.807, 2.05) is 13.0 Å². The molecular formula is C13H19NO4S. The number of hydrogen-bond donors (Lipinski definition) is 1. The molecule has 5 nitrogen and oxygen atoms in total. The predicted octanol–water partition coefficient (Wildman–Crippen LogP) is 1.15. The summed E-state index contributed by atoms with van der Waals surface area (Å²) in [6.07, 6.45) is 1.71. The quantitative estimate of drug-likeness (QED) is 0.851. The second-order valence-electron chi connectivity index (χ2n) is 4.72. The van der Waals surface area contributed by atoms with Gasteiger partial charge >= 0.3 is 0 Å². The van der Waals surface area contributed by atoms with Crippen molar-refractivity contribution in [1.29, 1.82) is 0 Å².